The van der Waals surface area contributed by atoms with Gasteiger partial charge in [-0.1, -0.05) is 0 Å². The minimum atomic E-state index is 0.401. The van der Waals surface area contributed by atoms with Crippen LogP contribution >= 0.6 is 0 Å². The summed E-state index contributed by atoms with van der Waals surface area (Å²) in [6, 6.07) is 0.401. The fourth-order valence-electron chi connectivity index (χ4n) is 1.25. The molecule has 1 unspecified atom stereocenters. The Morgan fingerprint density at radius 3 is 3.40 bits per heavy atom. The van der Waals surface area contributed by atoms with Crippen molar-refractivity contribution in [2.75, 3.05) is 0 Å². The van der Waals surface area contributed by atoms with Crippen LogP contribution in [0.4, 0.5) is 0 Å². The second-order valence-corrected chi connectivity index (χ2v) is 2.54. The molecular formula is C7H9N3. The van der Waals surface area contributed by atoms with Crippen molar-refractivity contribution in [3.05, 3.63) is 23.8 Å². The predicted octanol–water partition coefficient (Wildman–Crippen LogP) is 0.641. The first-order chi connectivity index (χ1) is 4.88. The summed E-state index contributed by atoms with van der Waals surface area (Å²) in [7, 11) is 0. The van der Waals surface area contributed by atoms with Crippen LogP contribution in [-0.4, -0.2) is 9.97 Å². The van der Waals surface area contributed by atoms with Crippen LogP contribution in [0, 0.1) is 0 Å². The lowest BCUT2D eigenvalue weighted by Gasteiger charge is -1.99. The van der Waals surface area contributed by atoms with E-state index in [4.69, 9.17) is 0 Å². The van der Waals surface area contributed by atoms with Gasteiger partial charge in [0, 0.05) is 24.3 Å². The summed E-state index contributed by atoms with van der Waals surface area (Å²) >= 11 is 0. The topological polar surface area (TPSA) is 37.8 Å². The molecule has 0 radical (unpaired) electrons. The predicted molar refractivity (Wildman–Crippen MR) is 37.3 cm³/mol. The molecular weight excluding hydrogens is 126 g/mol. The summed E-state index contributed by atoms with van der Waals surface area (Å²) in [5.41, 5.74) is 2.38. The summed E-state index contributed by atoms with van der Waals surface area (Å²) in [6.07, 6.45) is 3.47. The number of nitrogens with zero attached hydrogens (tertiary/aromatic N) is 2. The molecule has 0 spiro atoms. The van der Waals surface area contributed by atoms with Crippen LogP contribution in [0.15, 0.2) is 12.5 Å². The van der Waals surface area contributed by atoms with Gasteiger partial charge in [-0.15, -0.1) is 0 Å². The monoisotopic (exact) mass is 135 g/mol. The van der Waals surface area contributed by atoms with Gasteiger partial charge >= 0.3 is 0 Å². The molecule has 52 valence electrons. The Kier molecular flexibility index (Phi) is 1.17. The average molecular weight is 135 g/mol. The lowest BCUT2D eigenvalue weighted by Crippen LogP contribution is -2.07. The average Bonchev–Trinajstić information content (AvgIpc) is 2.34. The molecule has 10 heavy (non-hydrogen) atoms. The molecule has 2 heterocycles. The van der Waals surface area contributed by atoms with Crippen LogP contribution in [0.2, 0.25) is 0 Å². The van der Waals surface area contributed by atoms with Crippen LogP contribution in [0.1, 0.15) is 24.2 Å². The first kappa shape index (κ1) is 5.80. The zero-order chi connectivity index (χ0) is 6.97. The quantitative estimate of drug-likeness (QED) is 0.567. The normalized spacial score (nSPS) is 22.7. The summed E-state index contributed by atoms with van der Waals surface area (Å²) in [4.78, 5) is 8.11. The van der Waals surface area contributed by atoms with Gasteiger partial charge in [-0.05, 0) is 6.92 Å². The molecule has 0 fully saturated rings. The highest BCUT2D eigenvalue weighted by Crippen LogP contribution is 2.19. The summed E-state index contributed by atoms with van der Waals surface area (Å²) in [5.74, 6) is 0. The minimum absolute atomic E-state index is 0.401. The van der Waals surface area contributed by atoms with Crippen LogP contribution in [0.5, 0.6) is 0 Å². The van der Waals surface area contributed by atoms with Gasteiger partial charge in [-0.25, -0.2) is 9.97 Å². The van der Waals surface area contributed by atoms with Crippen molar-refractivity contribution in [3.8, 4) is 0 Å². The number of nitrogens with one attached hydrogen (secondary N) is 1. The van der Waals surface area contributed by atoms with Crippen molar-refractivity contribution in [2.45, 2.75) is 19.5 Å². The van der Waals surface area contributed by atoms with E-state index in [-0.39, 0.29) is 0 Å². The molecule has 1 atom stereocenters. The molecule has 1 aliphatic heterocycles. The minimum Gasteiger partial charge on any atom is -0.305 e. The molecule has 0 aliphatic carbocycles. The lowest BCUT2D eigenvalue weighted by atomic mass is 10.2. The van der Waals surface area contributed by atoms with Gasteiger partial charge in [-0.2, -0.15) is 0 Å². The first-order valence-electron chi connectivity index (χ1n) is 3.40. The molecule has 1 aromatic heterocycles. The Bertz CT molecular complexity index is 246. The fraction of sp³-hybridized carbons (Fsp3) is 0.429. The van der Waals surface area contributed by atoms with Gasteiger partial charge in [0.2, 0.25) is 0 Å². The smallest absolute Gasteiger partial charge is 0.115 e. The van der Waals surface area contributed by atoms with Crippen LogP contribution in [0.25, 0.3) is 0 Å². The molecule has 0 amide bonds. The fourth-order valence-corrected chi connectivity index (χ4v) is 1.25. The van der Waals surface area contributed by atoms with Crippen molar-refractivity contribution in [3.63, 3.8) is 0 Å². The third-order valence-corrected chi connectivity index (χ3v) is 1.83. The Morgan fingerprint density at radius 2 is 2.60 bits per heavy atom. The van der Waals surface area contributed by atoms with E-state index in [0.29, 0.717) is 6.04 Å². The van der Waals surface area contributed by atoms with Crippen LogP contribution in [-0.2, 0) is 6.54 Å². The molecule has 2 rings (SSSR count). The van der Waals surface area contributed by atoms with Gasteiger partial charge in [0.15, 0.2) is 0 Å². The molecule has 3 heteroatoms. The highest BCUT2D eigenvalue weighted by molar-refractivity contribution is 5.23. The summed E-state index contributed by atoms with van der Waals surface area (Å²) in [5, 5.41) is 3.28. The van der Waals surface area contributed by atoms with E-state index in [1.165, 1.54) is 5.56 Å². The Balaban J connectivity index is 2.51. The third-order valence-electron chi connectivity index (χ3n) is 1.83. The van der Waals surface area contributed by atoms with Gasteiger partial charge in [0.05, 0.1) is 5.69 Å². The molecule has 1 aromatic rings. The van der Waals surface area contributed by atoms with E-state index < -0.39 is 0 Å². The number of fused-ring (bicyclic) bond motifs is 1. The highest BCUT2D eigenvalue weighted by atomic mass is 15.0. The van der Waals surface area contributed by atoms with Crippen LogP contribution < -0.4 is 5.32 Å². The van der Waals surface area contributed by atoms with E-state index in [9.17, 15) is 0 Å². The number of aromatic nitrogens is 2. The van der Waals surface area contributed by atoms with Crippen molar-refractivity contribution < 1.29 is 0 Å². The maximum Gasteiger partial charge on any atom is 0.115 e. The maximum absolute atomic E-state index is 4.17. The van der Waals surface area contributed by atoms with Crippen molar-refractivity contribution >= 4 is 0 Å². The third kappa shape index (κ3) is 0.708. The van der Waals surface area contributed by atoms with Gasteiger partial charge < -0.3 is 5.32 Å². The number of hydrogen-bond donors (Lipinski definition) is 1. The summed E-state index contributed by atoms with van der Waals surface area (Å²) in [6.45, 7) is 3.02. The number of rotatable bonds is 0. The summed E-state index contributed by atoms with van der Waals surface area (Å²) < 4.78 is 0. The second kappa shape index (κ2) is 2.02. The van der Waals surface area contributed by atoms with Crippen molar-refractivity contribution in [1.29, 1.82) is 0 Å². The molecule has 1 N–H and O–H groups in total. The first-order valence-corrected chi connectivity index (χ1v) is 3.40. The Hall–Kier alpha value is -0.960. The Morgan fingerprint density at radius 1 is 1.70 bits per heavy atom. The van der Waals surface area contributed by atoms with Crippen LogP contribution in [0.3, 0.4) is 0 Å². The molecule has 0 saturated heterocycles. The van der Waals surface area contributed by atoms with Gasteiger partial charge in [0.1, 0.15) is 6.33 Å². The molecule has 1 aliphatic rings. The maximum atomic E-state index is 4.17. The van der Waals surface area contributed by atoms with E-state index in [1.54, 1.807) is 6.33 Å². The molecule has 0 bridgehead atoms. The van der Waals surface area contributed by atoms with Crippen molar-refractivity contribution in [1.82, 2.24) is 15.3 Å². The van der Waals surface area contributed by atoms with Gasteiger partial charge in [-0.3, -0.25) is 0 Å². The molecule has 3 nitrogen and oxygen atoms in total. The number of hydrogen-bond acceptors (Lipinski definition) is 3. The SMILES string of the molecule is CC1NCc2cncnc21. The standard InChI is InChI=1S/C7H9N3/c1-5-7-6(3-9-5)2-8-4-10-7/h2,4-5,9H,3H2,1H3. The van der Waals surface area contributed by atoms with E-state index >= 15 is 0 Å². The second-order valence-electron chi connectivity index (χ2n) is 2.54. The highest BCUT2D eigenvalue weighted by Gasteiger charge is 2.17. The zero-order valence-electron chi connectivity index (χ0n) is 5.83. The molecule has 0 aromatic carbocycles. The zero-order valence-corrected chi connectivity index (χ0v) is 5.83. The van der Waals surface area contributed by atoms with E-state index in [0.717, 1.165) is 12.2 Å². The van der Waals surface area contributed by atoms with E-state index in [2.05, 4.69) is 22.2 Å². The van der Waals surface area contributed by atoms with Gasteiger partial charge in [0.25, 0.3) is 0 Å². The van der Waals surface area contributed by atoms with E-state index in [1.807, 2.05) is 6.20 Å². The lowest BCUT2D eigenvalue weighted by molar-refractivity contribution is 0.623. The largest absolute Gasteiger partial charge is 0.305 e. The Labute approximate surface area is 59.5 Å². The van der Waals surface area contributed by atoms with Crippen molar-refractivity contribution in [2.24, 2.45) is 0 Å². The molecule has 0 saturated carbocycles.